The monoisotopic (exact) mass is 870 g/mol. The largest absolute Gasteiger partial charge is 0.507 e. The molecule has 1 saturated carbocycles. The summed E-state index contributed by atoms with van der Waals surface area (Å²) < 4.78 is 25.3. The van der Waals surface area contributed by atoms with Gasteiger partial charge in [0, 0.05) is 100 Å². The highest BCUT2D eigenvalue weighted by Crippen LogP contribution is 2.46. The fourth-order valence-electron chi connectivity index (χ4n) is 10.3. The number of nitrogens with two attached hydrogens (primary N) is 1. The Morgan fingerprint density at radius 3 is 2.48 bits per heavy atom. The Kier molecular flexibility index (Phi) is 11.0. The van der Waals surface area contributed by atoms with Gasteiger partial charge >= 0.3 is 6.03 Å². The number of aryl methyl sites for hydroxylation is 1. The number of imide groups is 1. The van der Waals surface area contributed by atoms with Crippen LogP contribution in [0.4, 0.5) is 26.4 Å². The number of rotatable bonds is 9. The van der Waals surface area contributed by atoms with Crippen LogP contribution in [0.25, 0.3) is 22.3 Å². The second kappa shape index (κ2) is 16.8. The normalized spacial score (nSPS) is 22.3. The molecule has 2 aromatic carbocycles. The number of aromatic nitrogens is 4. The number of benzene rings is 2. The Labute approximate surface area is 371 Å². The van der Waals surface area contributed by atoms with Crippen LogP contribution >= 0.6 is 0 Å². The van der Waals surface area contributed by atoms with E-state index in [2.05, 4.69) is 36.1 Å². The molecule has 15 nitrogen and oxygen atoms in total. The first-order valence-corrected chi connectivity index (χ1v) is 22.6. The number of hydrogen-bond acceptors (Lipinski definition) is 11. The number of morpholine rings is 1. The number of urea groups is 1. The number of alkyl halides is 1. The van der Waals surface area contributed by atoms with Crippen molar-refractivity contribution < 1.29 is 28.6 Å². The summed E-state index contributed by atoms with van der Waals surface area (Å²) in [4.78, 5) is 50.8. The lowest BCUT2D eigenvalue weighted by Crippen LogP contribution is -2.51. The van der Waals surface area contributed by atoms with Gasteiger partial charge in [0.2, 0.25) is 5.91 Å². The standard InChI is InChI=1S/C48H55FN10O5/c1-29-21-32(9-10-35(29)42-27-57(25-30(2)64-42)40-23-39(53-54-44(40)50)36-5-3-4-6-41(36)60)46(62)56-19-14-48(49,15-20-56)28-55-16-11-33(12-17-55)59-26-38(31-7-8-31)37-22-34(24-51-45(37)59)58-18-13-43(61)52-47(58)63/h3-6,9-10,21-24,26,30-31,33,42,60H,7-8,11-20,25,27-28H2,1-2H3,(H2,50,54)(H,52,61,63)/t30-,42-/m0/s1. The molecule has 0 bridgehead atoms. The number of fused-ring (bicyclic) bond motifs is 1. The average Bonchev–Trinajstić information content (AvgIpc) is 4.06. The first-order valence-electron chi connectivity index (χ1n) is 22.6. The van der Waals surface area contributed by atoms with E-state index in [1.165, 1.54) is 5.56 Å². The van der Waals surface area contributed by atoms with Gasteiger partial charge in [-0.1, -0.05) is 18.2 Å². The molecule has 0 radical (unpaired) electrons. The van der Waals surface area contributed by atoms with E-state index in [0.717, 1.165) is 60.9 Å². The first kappa shape index (κ1) is 41.9. The molecule has 5 fully saturated rings. The fraction of sp³-hybridized carbons (Fsp3) is 0.458. The zero-order valence-electron chi connectivity index (χ0n) is 36.4. The van der Waals surface area contributed by atoms with Crippen molar-refractivity contribution in [2.75, 3.05) is 67.9 Å². The molecule has 4 N–H and O–H groups in total. The Bertz CT molecular complexity index is 2620. The van der Waals surface area contributed by atoms with Crippen LogP contribution in [0.15, 0.2) is 67.0 Å². The molecule has 4 saturated heterocycles. The number of carbonyl (C=O) groups excluding carboxylic acids is 3. The topological polar surface area (TPSA) is 175 Å². The fourth-order valence-corrected chi connectivity index (χ4v) is 10.3. The maximum Gasteiger partial charge on any atom is 0.328 e. The number of likely N-dealkylation sites (tertiary alicyclic amines) is 2. The lowest BCUT2D eigenvalue weighted by molar-refractivity contribution is -0.120. The van der Waals surface area contributed by atoms with Crippen molar-refractivity contribution >= 4 is 46.1 Å². The molecule has 0 spiro atoms. The number of hydrogen-bond donors (Lipinski definition) is 3. The average molecular weight is 871 g/mol. The van der Waals surface area contributed by atoms with Crippen molar-refractivity contribution in [1.82, 2.24) is 34.9 Å². The maximum absolute atomic E-state index is 16.5. The van der Waals surface area contributed by atoms with E-state index in [-0.39, 0.29) is 42.2 Å². The Morgan fingerprint density at radius 1 is 0.969 bits per heavy atom. The molecule has 0 unspecified atom stereocenters. The number of phenols is 1. The van der Waals surface area contributed by atoms with Crippen molar-refractivity contribution in [3.63, 3.8) is 0 Å². The van der Waals surface area contributed by atoms with Crippen LogP contribution in [0.1, 0.15) is 97.0 Å². The van der Waals surface area contributed by atoms with Gasteiger partial charge in [-0.3, -0.25) is 19.8 Å². The molecule has 64 heavy (non-hydrogen) atoms. The lowest BCUT2D eigenvalue weighted by atomic mass is 9.91. The number of aromatic hydroxyl groups is 1. The van der Waals surface area contributed by atoms with Gasteiger partial charge in [-0.2, -0.15) is 0 Å². The summed E-state index contributed by atoms with van der Waals surface area (Å²) in [5.41, 5.74) is 12.1. The van der Waals surface area contributed by atoms with E-state index >= 15 is 4.39 Å². The van der Waals surface area contributed by atoms with E-state index < -0.39 is 11.7 Å². The number of nitrogens with one attached hydrogen (secondary N) is 1. The number of ether oxygens (including phenoxy) is 1. The summed E-state index contributed by atoms with van der Waals surface area (Å²) in [6.45, 7) is 8.05. The van der Waals surface area contributed by atoms with E-state index in [4.69, 9.17) is 15.5 Å². The highest BCUT2D eigenvalue weighted by Gasteiger charge is 2.40. The number of halogens is 1. The Balaban J connectivity index is 0.745. The van der Waals surface area contributed by atoms with Crippen molar-refractivity contribution in [3.8, 4) is 17.0 Å². The second-order valence-corrected chi connectivity index (χ2v) is 18.5. The molecular weight excluding hydrogens is 816 g/mol. The molecule has 3 aromatic heterocycles. The van der Waals surface area contributed by atoms with Crippen LogP contribution in [-0.2, 0) is 9.53 Å². The summed E-state index contributed by atoms with van der Waals surface area (Å²) in [6, 6.07) is 16.4. The van der Waals surface area contributed by atoms with Crippen LogP contribution in [0.5, 0.6) is 5.75 Å². The molecule has 1 aliphatic carbocycles. The minimum Gasteiger partial charge on any atom is -0.507 e. The third-order valence-corrected chi connectivity index (χ3v) is 13.9. The van der Waals surface area contributed by atoms with Gasteiger partial charge in [0.15, 0.2) is 5.82 Å². The molecule has 5 aromatic rings. The highest BCUT2D eigenvalue weighted by molar-refractivity contribution is 6.06. The van der Waals surface area contributed by atoms with Crippen LogP contribution in [-0.4, -0.2) is 117 Å². The molecule has 4 aliphatic heterocycles. The quantitative estimate of drug-likeness (QED) is 0.145. The third-order valence-electron chi connectivity index (χ3n) is 13.9. The number of phenolic OH excluding ortho intramolecular Hbond substituents is 1. The molecular formula is C48H55FN10O5. The SMILES string of the molecule is Cc1cc(C(=O)N2CCC(F)(CN3CCC(n4cc(C5CC5)c5cc(N6CCC(=O)NC6=O)cnc54)CC3)CC2)ccc1[C@@H]1CN(c2cc(-c3ccccc3O)nnc2N)C[C@H](C)O1. The number of nitrogens with zero attached hydrogens (tertiary/aromatic N) is 8. The van der Waals surface area contributed by atoms with E-state index in [1.54, 1.807) is 34.2 Å². The second-order valence-electron chi connectivity index (χ2n) is 18.5. The van der Waals surface area contributed by atoms with Crippen LogP contribution in [0.3, 0.4) is 0 Å². The first-order chi connectivity index (χ1) is 30.9. The molecule has 4 amide bonds. The predicted molar refractivity (Wildman–Crippen MR) is 241 cm³/mol. The van der Waals surface area contributed by atoms with Gasteiger partial charge in [0.1, 0.15) is 23.2 Å². The molecule has 2 atom stereocenters. The van der Waals surface area contributed by atoms with Crippen LogP contribution in [0, 0.1) is 6.92 Å². The summed E-state index contributed by atoms with van der Waals surface area (Å²) in [7, 11) is 0. The number of piperidine rings is 2. The number of amides is 4. The maximum atomic E-state index is 16.5. The molecule has 7 heterocycles. The van der Waals surface area contributed by atoms with Crippen molar-refractivity contribution in [3.05, 3.63) is 89.2 Å². The molecule has 334 valence electrons. The highest BCUT2D eigenvalue weighted by atomic mass is 19.1. The van der Waals surface area contributed by atoms with Crippen LogP contribution < -0.4 is 20.9 Å². The third kappa shape index (κ3) is 8.24. The van der Waals surface area contributed by atoms with Gasteiger partial charge < -0.3 is 34.8 Å². The number of carbonyl (C=O) groups is 3. The minimum absolute atomic E-state index is 0.0936. The van der Waals surface area contributed by atoms with Gasteiger partial charge in [0.25, 0.3) is 5.91 Å². The zero-order chi connectivity index (χ0) is 44.3. The minimum atomic E-state index is -1.37. The predicted octanol–water partition coefficient (Wildman–Crippen LogP) is 6.66. The smallest absolute Gasteiger partial charge is 0.328 e. The summed E-state index contributed by atoms with van der Waals surface area (Å²) in [6.07, 6.45) is 8.44. The summed E-state index contributed by atoms with van der Waals surface area (Å²) in [5.74, 6) is 0.538. The van der Waals surface area contributed by atoms with Gasteiger partial charge in [-0.25, -0.2) is 14.2 Å². The van der Waals surface area contributed by atoms with Crippen molar-refractivity contribution in [2.24, 2.45) is 0 Å². The van der Waals surface area contributed by atoms with Gasteiger partial charge in [-0.05, 0) is 98.5 Å². The molecule has 5 aliphatic rings. The number of nitrogen functional groups attached to an aromatic ring is 1. The van der Waals surface area contributed by atoms with Crippen molar-refractivity contribution in [1.29, 1.82) is 0 Å². The van der Waals surface area contributed by atoms with E-state index in [1.807, 2.05) is 50.2 Å². The Morgan fingerprint density at radius 2 is 1.75 bits per heavy atom. The molecule has 16 heteroatoms. The molecule has 10 rings (SSSR count). The lowest BCUT2D eigenvalue weighted by Gasteiger charge is -2.41. The van der Waals surface area contributed by atoms with Gasteiger partial charge in [-0.15, -0.1) is 10.2 Å². The van der Waals surface area contributed by atoms with Crippen LogP contribution in [0.2, 0.25) is 0 Å². The van der Waals surface area contributed by atoms with E-state index in [0.29, 0.717) is 92.0 Å². The van der Waals surface area contributed by atoms with E-state index in [9.17, 15) is 19.5 Å². The summed E-state index contributed by atoms with van der Waals surface area (Å²) >= 11 is 0. The number of anilines is 3. The Hall–Kier alpha value is -6.13. The number of para-hydroxylation sites is 1. The number of pyridine rings is 1. The van der Waals surface area contributed by atoms with Crippen molar-refractivity contribution in [2.45, 2.75) is 88.6 Å². The zero-order valence-corrected chi connectivity index (χ0v) is 36.4. The summed E-state index contributed by atoms with van der Waals surface area (Å²) in [5, 5.41) is 22.4. The van der Waals surface area contributed by atoms with Gasteiger partial charge in [0.05, 0.1) is 29.4 Å².